The second kappa shape index (κ2) is 9.23. The minimum Gasteiger partial charge on any atom is -0.497 e. The molecule has 0 spiro atoms. The minimum atomic E-state index is -3.95. The van der Waals surface area contributed by atoms with E-state index in [4.69, 9.17) is 9.47 Å². The average molecular weight is 455 g/mol. The third-order valence-corrected chi connectivity index (χ3v) is 8.07. The van der Waals surface area contributed by atoms with E-state index in [-0.39, 0.29) is 29.5 Å². The van der Waals surface area contributed by atoms with Crippen LogP contribution in [0.15, 0.2) is 47.4 Å². The molecule has 30 heavy (non-hydrogen) atoms. The number of nitrogens with one attached hydrogen (secondary N) is 1. The lowest BCUT2D eigenvalue weighted by Gasteiger charge is -2.28. The van der Waals surface area contributed by atoms with Gasteiger partial charge in [0.1, 0.15) is 16.4 Å². The summed E-state index contributed by atoms with van der Waals surface area (Å²) in [5.74, 6) is 0.909. The van der Waals surface area contributed by atoms with E-state index in [2.05, 4.69) is 4.72 Å². The molecule has 8 nitrogen and oxygen atoms in total. The van der Waals surface area contributed by atoms with E-state index in [1.165, 1.54) is 16.4 Å². The van der Waals surface area contributed by atoms with Gasteiger partial charge in [0.05, 0.1) is 25.2 Å². The lowest BCUT2D eigenvalue weighted by molar-refractivity contribution is 0.331. The SMILES string of the molecule is CCOc1ccc(N2CCCCS2(=O)=O)cc1S(=O)(=O)NCc1ccc(OC)cc1. The van der Waals surface area contributed by atoms with E-state index in [0.29, 0.717) is 24.4 Å². The highest BCUT2D eigenvalue weighted by Crippen LogP contribution is 2.32. The van der Waals surface area contributed by atoms with E-state index in [1.807, 2.05) is 0 Å². The van der Waals surface area contributed by atoms with Gasteiger partial charge in [0.15, 0.2) is 0 Å². The van der Waals surface area contributed by atoms with Crippen molar-refractivity contribution in [3.8, 4) is 11.5 Å². The number of methoxy groups -OCH3 is 1. The molecular formula is C20H26N2O6S2. The van der Waals surface area contributed by atoms with Gasteiger partial charge in [-0.1, -0.05) is 12.1 Å². The summed E-state index contributed by atoms with van der Waals surface area (Å²) < 4.78 is 65.4. The van der Waals surface area contributed by atoms with Crippen LogP contribution in [0.3, 0.4) is 0 Å². The molecule has 2 aromatic rings. The Labute approximate surface area is 177 Å². The Hall–Kier alpha value is -2.30. The highest BCUT2D eigenvalue weighted by atomic mass is 32.2. The molecular weight excluding hydrogens is 428 g/mol. The smallest absolute Gasteiger partial charge is 0.244 e. The van der Waals surface area contributed by atoms with Crippen molar-refractivity contribution in [1.82, 2.24) is 4.72 Å². The van der Waals surface area contributed by atoms with E-state index in [1.54, 1.807) is 44.4 Å². The fourth-order valence-corrected chi connectivity index (χ4v) is 6.03. The molecule has 0 aromatic heterocycles. The third-order valence-electron chi connectivity index (χ3n) is 4.78. The second-order valence-corrected chi connectivity index (χ2v) is 10.6. The fraction of sp³-hybridized carbons (Fsp3) is 0.400. The number of anilines is 1. The normalized spacial score (nSPS) is 16.3. The molecule has 2 aromatic carbocycles. The van der Waals surface area contributed by atoms with Crippen LogP contribution in [-0.2, 0) is 26.6 Å². The maximum absolute atomic E-state index is 13.0. The van der Waals surface area contributed by atoms with Crippen LogP contribution in [0.4, 0.5) is 5.69 Å². The van der Waals surface area contributed by atoms with Crippen molar-refractivity contribution in [2.24, 2.45) is 0 Å². The lowest BCUT2D eigenvalue weighted by atomic mass is 10.2. The zero-order chi connectivity index (χ0) is 21.8. The average Bonchev–Trinajstić information content (AvgIpc) is 2.73. The van der Waals surface area contributed by atoms with Gasteiger partial charge >= 0.3 is 0 Å². The standard InChI is InChI=1S/C20H26N2O6S2/c1-3-28-19-11-8-17(22-12-4-5-13-29(22,23)24)14-20(19)30(25,26)21-15-16-6-9-18(27-2)10-7-16/h6-11,14,21H,3-5,12-13,15H2,1-2H3. The number of nitrogens with zero attached hydrogens (tertiary/aromatic N) is 1. The summed E-state index contributed by atoms with van der Waals surface area (Å²) in [7, 11) is -5.86. The van der Waals surface area contributed by atoms with Gasteiger partial charge < -0.3 is 9.47 Å². The summed E-state index contributed by atoms with van der Waals surface area (Å²) >= 11 is 0. The van der Waals surface area contributed by atoms with E-state index < -0.39 is 20.0 Å². The summed E-state index contributed by atoms with van der Waals surface area (Å²) in [6.45, 7) is 2.44. The van der Waals surface area contributed by atoms with Crippen LogP contribution in [-0.4, -0.2) is 42.8 Å². The van der Waals surface area contributed by atoms with Crippen LogP contribution in [0.25, 0.3) is 0 Å². The van der Waals surface area contributed by atoms with E-state index >= 15 is 0 Å². The van der Waals surface area contributed by atoms with Crippen LogP contribution in [0, 0.1) is 0 Å². The monoisotopic (exact) mass is 454 g/mol. The number of ether oxygens (including phenoxy) is 2. The Kier molecular flexibility index (Phi) is 6.89. The van der Waals surface area contributed by atoms with Gasteiger partial charge in [-0.25, -0.2) is 21.6 Å². The molecule has 1 N–H and O–H groups in total. The van der Waals surface area contributed by atoms with Crippen molar-refractivity contribution in [2.75, 3.05) is 30.3 Å². The Morgan fingerprint density at radius 2 is 1.83 bits per heavy atom. The van der Waals surface area contributed by atoms with Crippen LogP contribution in [0.1, 0.15) is 25.3 Å². The molecule has 0 unspecified atom stereocenters. The molecule has 1 heterocycles. The van der Waals surface area contributed by atoms with Gasteiger partial charge in [0, 0.05) is 13.1 Å². The molecule has 0 amide bonds. The maximum atomic E-state index is 13.0. The predicted octanol–water partition coefficient (Wildman–Crippen LogP) is 2.50. The number of benzene rings is 2. The predicted molar refractivity (Wildman–Crippen MR) is 115 cm³/mol. The Morgan fingerprint density at radius 1 is 1.10 bits per heavy atom. The lowest BCUT2D eigenvalue weighted by Crippen LogP contribution is -2.38. The van der Waals surface area contributed by atoms with Crippen molar-refractivity contribution < 1.29 is 26.3 Å². The quantitative estimate of drug-likeness (QED) is 0.658. The molecule has 164 valence electrons. The molecule has 1 saturated heterocycles. The van der Waals surface area contributed by atoms with Gasteiger partial charge in [-0.2, -0.15) is 0 Å². The van der Waals surface area contributed by atoms with Gasteiger partial charge in [-0.3, -0.25) is 4.31 Å². The van der Waals surface area contributed by atoms with Crippen molar-refractivity contribution in [2.45, 2.75) is 31.2 Å². The third kappa shape index (κ3) is 5.05. The minimum absolute atomic E-state index is 0.0536. The summed E-state index contributed by atoms with van der Waals surface area (Å²) in [6, 6.07) is 11.5. The molecule has 1 fully saturated rings. The van der Waals surface area contributed by atoms with E-state index in [9.17, 15) is 16.8 Å². The summed E-state index contributed by atoms with van der Waals surface area (Å²) in [5.41, 5.74) is 1.08. The summed E-state index contributed by atoms with van der Waals surface area (Å²) in [5, 5.41) is 0. The van der Waals surface area contributed by atoms with Crippen molar-refractivity contribution >= 4 is 25.7 Å². The Bertz CT molecular complexity index is 1080. The number of sulfonamides is 2. The number of hydrogen-bond acceptors (Lipinski definition) is 6. The molecule has 1 aliphatic rings. The summed E-state index contributed by atoms with van der Waals surface area (Å²) in [4.78, 5) is -0.0869. The largest absolute Gasteiger partial charge is 0.497 e. The number of hydrogen-bond donors (Lipinski definition) is 1. The van der Waals surface area contributed by atoms with Gasteiger partial charge in [-0.15, -0.1) is 0 Å². The highest BCUT2D eigenvalue weighted by Gasteiger charge is 2.28. The van der Waals surface area contributed by atoms with Crippen molar-refractivity contribution in [3.63, 3.8) is 0 Å². The van der Waals surface area contributed by atoms with Gasteiger partial charge in [-0.05, 0) is 55.7 Å². The number of rotatable bonds is 8. The van der Waals surface area contributed by atoms with Crippen molar-refractivity contribution in [1.29, 1.82) is 0 Å². The van der Waals surface area contributed by atoms with Gasteiger partial charge in [0.2, 0.25) is 20.0 Å². The first-order chi connectivity index (χ1) is 14.3. The molecule has 0 bridgehead atoms. The van der Waals surface area contributed by atoms with Crippen LogP contribution in [0.5, 0.6) is 11.5 Å². The van der Waals surface area contributed by atoms with Crippen LogP contribution in [0.2, 0.25) is 0 Å². The molecule has 0 radical (unpaired) electrons. The maximum Gasteiger partial charge on any atom is 0.244 e. The second-order valence-electron chi connectivity index (χ2n) is 6.83. The fourth-order valence-electron chi connectivity index (χ4n) is 3.21. The molecule has 0 aliphatic carbocycles. The first-order valence-corrected chi connectivity index (χ1v) is 12.8. The van der Waals surface area contributed by atoms with E-state index in [0.717, 1.165) is 12.0 Å². The summed E-state index contributed by atoms with van der Waals surface area (Å²) in [6.07, 6.45) is 1.33. The Morgan fingerprint density at radius 3 is 2.47 bits per heavy atom. The first-order valence-electron chi connectivity index (χ1n) is 9.66. The molecule has 10 heteroatoms. The topological polar surface area (TPSA) is 102 Å². The molecule has 3 rings (SSSR count). The highest BCUT2D eigenvalue weighted by molar-refractivity contribution is 7.92. The van der Waals surface area contributed by atoms with Crippen LogP contribution < -0.4 is 18.5 Å². The van der Waals surface area contributed by atoms with Gasteiger partial charge in [0.25, 0.3) is 0 Å². The molecule has 1 aliphatic heterocycles. The zero-order valence-electron chi connectivity index (χ0n) is 17.0. The molecule has 0 saturated carbocycles. The zero-order valence-corrected chi connectivity index (χ0v) is 18.6. The first kappa shape index (κ1) is 22.4. The Balaban J connectivity index is 1.90. The molecule has 0 atom stereocenters. The van der Waals surface area contributed by atoms with Crippen molar-refractivity contribution in [3.05, 3.63) is 48.0 Å². The van der Waals surface area contributed by atoms with Crippen LogP contribution >= 0.6 is 0 Å².